The number of rotatable bonds is 2. The smallest absolute Gasteiger partial charge is 0.198 e. The Kier molecular flexibility index (Phi) is 3.90. The van der Waals surface area contributed by atoms with Gasteiger partial charge in [0.2, 0.25) is 0 Å². The van der Waals surface area contributed by atoms with E-state index in [9.17, 15) is 13.9 Å². The summed E-state index contributed by atoms with van der Waals surface area (Å²) in [6.07, 6.45) is 0. The molecule has 7 heteroatoms. The van der Waals surface area contributed by atoms with Crippen LogP contribution in [0.25, 0.3) is 10.8 Å². The summed E-state index contributed by atoms with van der Waals surface area (Å²) < 4.78 is 28.9. The zero-order chi connectivity index (χ0) is 16.0. The van der Waals surface area contributed by atoms with Gasteiger partial charge in [0.25, 0.3) is 0 Å². The first-order valence-corrected chi connectivity index (χ1v) is 7.75. The monoisotopic (exact) mass is 434 g/mol. The number of fused-ring (bicyclic) bond motifs is 1. The van der Waals surface area contributed by atoms with Crippen LogP contribution in [0.4, 0.5) is 20.2 Å². The van der Waals surface area contributed by atoms with Crippen LogP contribution in [0.3, 0.4) is 0 Å². The molecule has 22 heavy (non-hydrogen) atoms. The van der Waals surface area contributed by atoms with Crippen molar-refractivity contribution in [3.63, 3.8) is 0 Å². The van der Waals surface area contributed by atoms with Crippen LogP contribution >= 0.6 is 34.2 Å². The van der Waals surface area contributed by atoms with Crippen molar-refractivity contribution in [3.05, 3.63) is 50.2 Å². The quantitative estimate of drug-likeness (QED) is 0.469. The van der Waals surface area contributed by atoms with E-state index in [1.54, 1.807) is 25.1 Å². The van der Waals surface area contributed by atoms with Gasteiger partial charge in [-0.05, 0) is 53.8 Å². The summed E-state index contributed by atoms with van der Waals surface area (Å²) in [7, 11) is 0. The Balaban J connectivity index is 2.23. The zero-order valence-corrected chi connectivity index (χ0v) is 14.2. The largest absolute Gasteiger partial charge is 0.494 e. The Morgan fingerprint density at radius 3 is 2.68 bits per heavy atom. The molecule has 0 saturated heterocycles. The number of H-pyrrole nitrogens is 1. The average molecular weight is 435 g/mol. The third kappa shape index (κ3) is 2.50. The summed E-state index contributed by atoms with van der Waals surface area (Å²) in [4.78, 5) is 2.67. The van der Waals surface area contributed by atoms with Gasteiger partial charge in [-0.15, -0.1) is 0 Å². The van der Waals surface area contributed by atoms with Crippen LogP contribution in [0, 0.1) is 22.1 Å². The second-order valence-corrected chi connectivity index (χ2v) is 6.47. The highest BCUT2D eigenvalue weighted by Crippen LogP contribution is 2.39. The summed E-state index contributed by atoms with van der Waals surface area (Å²) in [5, 5.41) is 13.7. The normalized spacial score (nSPS) is 11.1. The highest BCUT2D eigenvalue weighted by atomic mass is 127. The van der Waals surface area contributed by atoms with Crippen molar-refractivity contribution >= 4 is 56.3 Å². The number of anilines is 2. The highest BCUT2D eigenvalue weighted by Gasteiger charge is 2.20. The summed E-state index contributed by atoms with van der Waals surface area (Å²) in [6, 6.07) is 6.19. The Bertz CT molecular complexity index is 895. The molecule has 3 rings (SSSR count). The maximum Gasteiger partial charge on any atom is 0.198 e. The molecule has 0 aliphatic rings. The molecule has 0 aliphatic carbocycles. The molecule has 0 radical (unpaired) electrons. The van der Waals surface area contributed by atoms with Gasteiger partial charge >= 0.3 is 0 Å². The van der Waals surface area contributed by atoms with Gasteiger partial charge in [-0.1, -0.05) is 11.6 Å². The first kappa shape index (κ1) is 15.4. The highest BCUT2D eigenvalue weighted by molar-refractivity contribution is 14.1. The molecule has 0 fully saturated rings. The fraction of sp³-hybridized carbons (Fsp3) is 0.0667. The van der Waals surface area contributed by atoms with E-state index in [1.165, 1.54) is 0 Å². The molecule has 3 aromatic rings. The van der Waals surface area contributed by atoms with E-state index in [2.05, 4.69) is 32.9 Å². The first-order chi connectivity index (χ1) is 10.4. The number of hydrogen-bond donors (Lipinski definition) is 3. The third-order valence-electron chi connectivity index (χ3n) is 3.36. The fourth-order valence-corrected chi connectivity index (χ4v) is 3.22. The molecule has 0 atom stereocenters. The summed E-state index contributed by atoms with van der Waals surface area (Å²) >= 11 is 8.21. The SMILES string of the molecule is Cc1[nH]c(O)c2c(Nc3ccc(I)cc3Cl)c(F)c(F)cc12. The van der Waals surface area contributed by atoms with E-state index in [1.807, 2.05) is 0 Å². The van der Waals surface area contributed by atoms with Crippen LogP contribution in [0.15, 0.2) is 24.3 Å². The van der Waals surface area contributed by atoms with Gasteiger partial charge in [-0.25, -0.2) is 8.78 Å². The number of halogens is 4. The summed E-state index contributed by atoms with van der Waals surface area (Å²) in [5.74, 6) is -2.30. The minimum atomic E-state index is -1.07. The van der Waals surface area contributed by atoms with Gasteiger partial charge in [0.05, 0.1) is 21.8 Å². The molecule has 1 heterocycles. The Labute approximate surface area is 143 Å². The van der Waals surface area contributed by atoms with Crippen LogP contribution in [0.1, 0.15) is 5.69 Å². The Hall–Kier alpha value is -1.54. The van der Waals surface area contributed by atoms with Gasteiger partial charge < -0.3 is 15.4 Å². The van der Waals surface area contributed by atoms with Crippen molar-refractivity contribution < 1.29 is 13.9 Å². The molecule has 0 aliphatic heterocycles. The molecule has 0 spiro atoms. The van der Waals surface area contributed by atoms with Gasteiger partial charge in [0.15, 0.2) is 17.5 Å². The Morgan fingerprint density at radius 1 is 1.27 bits per heavy atom. The van der Waals surface area contributed by atoms with Crippen LogP contribution < -0.4 is 5.32 Å². The molecule has 0 bridgehead atoms. The molecule has 2 aromatic carbocycles. The lowest BCUT2D eigenvalue weighted by atomic mass is 10.1. The van der Waals surface area contributed by atoms with Crippen molar-refractivity contribution in [2.24, 2.45) is 0 Å². The van der Waals surface area contributed by atoms with Gasteiger partial charge in [0, 0.05) is 14.7 Å². The number of hydrogen-bond acceptors (Lipinski definition) is 2. The van der Waals surface area contributed by atoms with Crippen LogP contribution in [-0.2, 0) is 0 Å². The fourth-order valence-electron chi connectivity index (χ4n) is 2.32. The number of aromatic amines is 1. The van der Waals surface area contributed by atoms with E-state index in [-0.39, 0.29) is 17.0 Å². The zero-order valence-electron chi connectivity index (χ0n) is 11.3. The molecular formula is C15H10ClF2IN2O. The molecule has 0 amide bonds. The van der Waals surface area contributed by atoms with Gasteiger partial charge in [-0.2, -0.15) is 0 Å². The number of aryl methyl sites for hydroxylation is 1. The molecule has 0 saturated carbocycles. The lowest BCUT2D eigenvalue weighted by Crippen LogP contribution is -1.98. The van der Waals surface area contributed by atoms with E-state index < -0.39 is 11.6 Å². The average Bonchev–Trinajstić information content (AvgIpc) is 2.72. The van der Waals surface area contributed by atoms with Gasteiger partial charge in [0.1, 0.15) is 0 Å². The van der Waals surface area contributed by atoms with Crippen molar-refractivity contribution in [1.29, 1.82) is 0 Å². The van der Waals surface area contributed by atoms with Crippen molar-refractivity contribution in [2.75, 3.05) is 5.32 Å². The van der Waals surface area contributed by atoms with E-state index in [4.69, 9.17) is 11.6 Å². The number of nitrogens with one attached hydrogen (secondary N) is 2. The van der Waals surface area contributed by atoms with E-state index in [0.717, 1.165) is 9.64 Å². The predicted octanol–water partition coefficient (Wildman–Crippen LogP) is 5.46. The molecular weight excluding hydrogens is 425 g/mol. The lowest BCUT2D eigenvalue weighted by Gasteiger charge is -2.12. The van der Waals surface area contributed by atoms with Gasteiger partial charge in [-0.3, -0.25) is 0 Å². The second kappa shape index (κ2) is 5.58. The number of aromatic nitrogens is 1. The summed E-state index contributed by atoms with van der Waals surface area (Å²) in [5.41, 5.74) is 0.814. The van der Waals surface area contributed by atoms with Crippen LogP contribution in [0.2, 0.25) is 5.02 Å². The van der Waals surface area contributed by atoms with Crippen molar-refractivity contribution in [3.8, 4) is 5.88 Å². The topological polar surface area (TPSA) is 48.0 Å². The number of benzene rings is 2. The molecule has 3 nitrogen and oxygen atoms in total. The van der Waals surface area contributed by atoms with Crippen molar-refractivity contribution in [1.82, 2.24) is 4.98 Å². The predicted molar refractivity (Wildman–Crippen MR) is 92.1 cm³/mol. The molecule has 1 aromatic heterocycles. The Morgan fingerprint density at radius 2 is 2.00 bits per heavy atom. The van der Waals surface area contributed by atoms with E-state index in [0.29, 0.717) is 21.8 Å². The minimum Gasteiger partial charge on any atom is -0.494 e. The summed E-state index contributed by atoms with van der Waals surface area (Å²) in [6.45, 7) is 1.67. The second-order valence-electron chi connectivity index (χ2n) is 4.82. The van der Waals surface area contributed by atoms with Crippen molar-refractivity contribution in [2.45, 2.75) is 6.92 Å². The lowest BCUT2D eigenvalue weighted by molar-refractivity contribution is 0.461. The number of aromatic hydroxyl groups is 1. The molecule has 0 unspecified atom stereocenters. The van der Waals surface area contributed by atoms with Crippen LogP contribution in [-0.4, -0.2) is 10.1 Å². The van der Waals surface area contributed by atoms with Crippen LogP contribution in [0.5, 0.6) is 5.88 Å². The first-order valence-electron chi connectivity index (χ1n) is 6.29. The standard InChI is InChI=1S/C15H10ClF2IN2O/c1-6-8-5-10(17)13(18)14(12(8)15(22)20-6)21-11-3-2-7(19)4-9(11)16/h2-5,20-22H,1H3. The third-order valence-corrected chi connectivity index (χ3v) is 4.34. The molecule has 114 valence electrons. The van der Waals surface area contributed by atoms with E-state index >= 15 is 0 Å². The maximum absolute atomic E-state index is 14.2. The maximum atomic E-state index is 14.2. The minimum absolute atomic E-state index is 0.153. The molecule has 3 N–H and O–H groups in total.